The predicted octanol–water partition coefficient (Wildman–Crippen LogP) is 7.23. The summed E-state index contributed by atoms with van der Waals surface area (Å²) < 4.78 is 7.40. The minimum atomic E-state index is -0.172. The van der Waals surface area contributed by atoms with E-state index in [1.54, 1.807) is 4.68 Å². The number of hydrogen-bond donors (Lipinski definition) is 0. The third-order valence-electron chi connectivity index (χ3n) is 10.2. The second-order valence-electron chi connectivity index (χ2n) is 12.0. The molecular formula is C31H35ClN2O3. The Bertz CT molecular complexity index is 1310. The van der Waals surface area contributed by atoms with E-state index in [1.165, 1.54) is 24.5 Å². The van der Waals surface area contributed by atoms with Crippen molar-refractivity contribution in [3.8, 4) is 5.69 Å². The van der Waals surface area contributed by atoms with Crippen LogP contribution in [0.4, 0.5) is 0 Å². The van der Waals surface area contributed by atoms with Gasteiger partial charge in [0, 0.05) is 24.6 Å². The van der Waals surface area contributed by atoms with E-state index in [1.807, 2.05) is 30.5 Å². The van der Waals surface area contributed by atoms with Gasteiger partial charge in [-0.2, -0.15) is 5.10 Å². The molecule has 6 heteroatoms. The first-order chi connectivity index (χ1) is 17.7. The van der Waals surface area contributed by atoms with Crippen molar-refractivity contribution >= 4 is 29.4 Å². The van der Waals surface area contributed by atoms with Gasteiger partial charge in [0.2, 0.25) is 0 Å². The number of esters is 1. The van der Waals surface area contributed by atoms with Crippen molar-refractivity contribution in [2.45, 2.75) is 71.8 Å². The van der Waals surface area contributed by atoms with Crippen LogP contribution in [-0.4, -0.2) is 28.1 Å². The molecule has 37 heavy (non-hydrogen) atoms. The Morgan fingerprint density at radius 2 is 1.84 bits per heavy atom. The molecule has 2 aromatic rings. The number of hydrogen-bond acceptors (Lipinski definition) is 4. The molecule has 6 atom stereocenters. The summed E-state index contributed by atoms with van der Waals surface area (Å²) in [5.74, 6) is 1.63. The van der Waals surface area contributed by atoms with Crippen LogP contribution in [0.15, 0.2) is 48.2 Å². The number of fused-ring (bicyclic) bond motifs is 5. The number of aldehydes is 1. The molecule has 4 aliphatic carbocycles. The van der Waals surface area contributed by atoms with Gasteiger partial charge in [0.1, 0.15) is 6.10 Å². The highest BCUT2D eigenvalue weighted by Crippen LogP contribution is 2.66. The second kappa shape index (κ2) is 8.97. The lowest BCUT2D eigenvalue weighted by Crippen LogP contribution is -2.50. The average molecular weight is 519 g/mol. The first-order valence-corrected chi connectivity index (χ1v) is 14.0. The molecular weight excluding hydrogens is 484 g/mol. The molecule has 0 unspecified atom stereocenters. The summed E-state index contributed by atoms with van der Waals surface area (Å²) >= 11 is 6.08. The van der Waals surface area contributed by atoms with Crippen molar-refractivity contribution in [1.82, 2.24) is 9.78 Å². The van der Waals surface area contributed by atoms with Crippen LogP contribution in [0, 0.1) is 28.6 Å². The Morgan fingerprint density at radius 3 is 2.57 bits per heavy atom. The Kier molecular flexibility index (Phi) is 5.98. The number of carbonyl (C=O) groups is 2. The minimum absolute atomic E-state index is 0.00868. The first-order valence-electron chi connectivity index (χ1n) is 13.6. The van der Waals surface area contributed by atoms with Gasteiger partial charge in [-0.3, -0.25) is 9.59 Å². The zero-order valence-electron chi connectivity index (χ0n) is 21.9. The zero-order valence-corrected chi connectivity index (χ0v) is 22.6. The van der Waals surface area contributed by atoms with Crippen LogP contribution < -0.4 is 0 Å². The third-order valence-corrected chi connectivity index (χ3v) is 10.4. The highest BCUT2D eigenvalue weighted by molar-refractivity contribution is 6.30. The SMILES string of the molecule is CC(=O)O[C@H]1CC[C@@]2(C)C(=CC[C@@H]3[C@@H]2CC[C@]2(C)C(c4nn(-c5ccc(Cl)cc5)cc4C=O)=CC[C@@H]32)C1. The van der Waals surface area contributed by atoms with E-state index in [-0.39, 0.29) is 22.9 Å². The van der Waals surface area contributed by atoms with E-state index < -0.39 is 0 Å². The van der Waals surface area contributed by atoms with Gasteiger partial charge in [0.05, 0.1) is 16.9 Å². The second-order valence-corrected chi connectivity index (χ2v) is 12.5. The number of halogens is 1. The maximum absolute atomic E-state index is 12.1. The summed E-state index contributed by atoms with van der Waals surface area (Å²) in [5, 5.41) is 5.61. The molecule has 2 saturated carbocycles. The van der Waals surface area contributed by atoms with Crippen molar-refractivity contribution < 1.29 is 14.3 Å². The van der Waals surface area contributed by atoms with E-state index in [9.17, 15) is 9.59 Å². The fourth-order valence-corrected chi connectivity index (χ4v) is 8.43. The molecule has 194 valence electrons. The average Bonchev–Trinajstić information content (AvgIpc) is 3.45. The summed E-state index contributed by atoms with van der Waals surface area (Å²) in [4.78, 5) is 23.7. The van der Waals surface area contributed by atoms with Crippen molar-refractivity contribution in [2.75, 3.05) is 0 Å². The van der Waals surface area contributed by atoms with Crippen molar-refractivity contribution in [1.29, 1.82) is 0 Å². The van der Waals surface area contributed by atoms with Crippen molar-refractivity contribution in [2.24, 2.45) is 28.6 Å². The first kappa shape index (κ1) is 24.7. The Balaban J connectivity index is 1.28. The number of benzene rings is 1. The van der Waals surface area contributed by atoms with E-state index in [2.05, 4.69) is 26.0 Å². The van der Waals surface area contributed by atoms with Crippen LogP contribution >= 0.6 is 11.6 Å². The highest BCUT2D eigenvalue weighted by Gasteiger charge is 2.57. The molecule has 1 aromatic heterocycles. The van der Waals surface area contributed by atoms with Gasteiger partial charge in [-0.1, -0.05) is 43.2 Å². The number of ether oxygens (including phenoxy) is 1. The summed E-state index contributed by atoms with van der Waals surface area (Å²) in [6, 6.07) is 7.54. The van der Waals surface area contributed by atoms with Crippen LogP contribution in [-0.2, 0) is 9.53 Å². The fourth-order valence-electron chi connectivity index (χ4n) is 8.31. The van der Waals surface area contributed by atoms with Crippen molar-refractivity contribution in [3.63, 3.8) is 0 Å². The van der Waals surface area contributed by atoms with Gasteiger partial charge in [0.25, 0.3) is 0 Å². The molecule has 1 heterocycles. The van der Waals surface area contributed by atoms with Gasteiger partial charge in [-0.25, -0.2) is 4.68 Å². The molecule has 4 aliphatic rings. The van der Waals surface area contributed by atoms with Crippen LogP contribution in [0.5, 0.6) is 0 Å². The number of allylic oxidation sites excluding steroid dienone is 3. The largest absolute Gasteiger partial charge is 0.462 e. The third kappa shape index (κ3) is 3.93. The fraction of sp³-hybridized carbons (Fsp3) is 0.516. The summed E-state index contributed by atoms with van der Waals surface area (Å²) in [7, 11) is 0. The molecule has 5 nitrogen and oxygen atoms in total. The molecule has 1 aromatic carbocycles. The number of rotatable bonds is 4. The predicted molar refractivity (Wildman–Crippen MR) is 145 cm³/mol. The van der Waals surface area contributed by atoms with Crippen LogP contribution in [0.25, 0.3) is 11.3 Å². The molecule has 2 fully saturated rings. The van der Waals surface area contributed by atoms with Gasteiger partial charge >= 0.3 is 5.97 Å². The zero-order chi connectivity index (χ0) is 25.9. The summed E-state index contributed by atoms with van der Waals surface area (Å²) in [5.41, 5.74) is 5.31. The Hall–Kier alpha value is -2.66. The smallest absolute Gasteiger partial charge is 0.302 e. The lowest BCUT2D eigenvalue weighted by molar-refractivity contribution is -0.148. The normalized spacial score (nSPS) is 34.5. The highest BCUT2D eigenvalue weighted by atomic mass is 35.5. The summed E-state index contributed by atoms with van der Waals surface area (Å²) in [6.45, 7) is 6.38. The monoisotopic (exact) mass is 518 g/mol. The Labute approximate surface area is 223 Å². The minimum Gasteiger partial charge on any atom is -0.462 e. The van der Waals surface area contributed by atoms with Crippen LogP contribution in [0.2, 0.25) is 5.02 Å². The standard InChI is InChI=1S/C31H35ClN2O3/c1-19(36)37-24-12-14-30(2)21(16-24)4-9-25-26-10-11-28(31(26,3)15-13-27(25)30)29-20(18-35)17-34(33-29)23-7-5-22(32)6-8-23/h4-8,11,17-18,24-27H,9-10,12-16H2,1-3H3/t24-,25-,26-,27-,30-,31-/m0/s1. The molecule has 0 N–H and O–H groups in total. The lowest BCUT2D eigenvalue weighted by Gasteiger charge is -2.57. The van der Waals surface area contributed by atoms with Gasteiger partial charge in [0.15, 0.2) is 6.29 Å². The van der Waals surface area contributed by atoms with E-state index in [4.69, 9.17) is 21.4 Å². The van der Waals surface area contributed by atoms with Gasteiger partial charge in [-0.05, 0) is 96.9 Å². The van der Waals surface area contributed by atoms with Gasteiger partial charge < -0.3 is 4.74 Å². The lowest BCUT2D eigenvalue weighted by atomic mass is 9.47. The van der Waals surface area contributed by atoms with Crippen molar-refractivity contribution in [3.05, 3.63) is 64.5 Å². The van der Waals surface area contributed by atoms with Crippen LogP contribution in [0.1, 0.15) is 81.8 Å². The molecule has 0 aliphatic heterocycles. The molecule has 0 bridgehead atoms. The number of nitrogens with zero attached hydrogens (tertiary/aromatic N) is 2. The molecule has 0 amide bonds. The molecule has 0 saturated heterocycles. The molecule has 0 radical (unpaired) electrons. The number of aromatic nitrogens is 2. The molecule has 0 spiro atoms. The molecule has 6 rings (SSSR count). The Morgan fingerprint density at radius 1 is 1.08 bits per heavy atom. The maximum Gasteiger partial charge on any atom is 0.302 e. The van der Waals surface area contributed by atoms with Crippen LogP contribution in [0.3, 0.4) is 0 Å². The number of carbonyl (C=O) groups excluding carboxylic acids is 2. The topological polar surface area (TPSA) is 61.2 Å². The maximum atomic E-state index is 12.1. The quantitative estimate of drug-likeness (QED) is 0.243. The van der Waals surface area contributed by atoms with E-state index in [0.717, 1.165) is 56.2 Å². The van der Waals surface area contributed by atoms with Gasteiger partial charge in [-0.15, -0.1) is 0 Å². The summed E-state index contributed by atoms with van der Waals surface area (Å²) in [6.07, 6.45) is 15.0. The van der Waals surface area contributed by atoms with E-state index >= 15 is 0 Å². The van der Waals surface area contributed by atoms with E-state index in [0.29, 0.717) is 28.3 Å².